The number of nitrogens with zero attached hydrogens (tertiary/aromatic N) is 1. The topological polar surface area (TPSA) is 120 Å². The maximum Gasteiger partial charge on any atom is 0.224 e. The highest BCUT2D eigenvalue weighted by molar-refractivity contribution is 5.90. The first-order valence-electron chi connectivity index (χ1n) is 14.4. The van der Waals surface area contributed by atoms with Crippen LogP contribution < -0.4 is 10.6 Å². The van der Waals surface area contributed by atoms with Crippen LogP contribution in [-0.4, -0.2) is 65.3 Å². The number of carbonyl (C=O) groups excluding carboxylic acids is 2. The average molecular weight is 554 g/mol. The summed E-state index contributed by atoms with van der Waals surface area (Å²) in [5, 5.41) is 24.9. The van der Waals surface area contributed by atoms with E-state index in [0.717, 1.165) is 67.6 Å². The van der Waals surface area contributed by atoms with E-state index in [9.17, 15) is 19.8 Å². The van der Waals surface area contributed by atoms with Gasteiger partial charge in [0.25, 0.3) is 0 Å². The summed E-state index contributed by atoms with van der Waals surface area (Å²) in [6.07, 6.45) is 4.90. The maximum absolute atomic E-state index is 12.4. The number of aliphatic hydroxyl groups is 2. The molecule has 0 saturated carbocycles. The largest absolute Gasteiger partial charge is 0.395 e. The lowest BCUT2D eigenvalue weighted by Gasteiger charge is -2.38. The maximum atomic E-state index is 12.4. The molecule has 40 heavy (non-hydrogen) atoms. The predicted octanol–water partition coefficient (Wildman–Crippen LogP) is 3.82. The summed E-state index contributed by atoms with van der Waals surface area (Å²) in [7, 11) is 0. The first-order chi connectivity index (χ1) is 19.4. The van der Waals surface area contributed by atoms with Crippen molar-refractivity contribution >= 4 is 17.5 Å². The van der Waals surface area contributed by atoms with Crippen molar-refractivity contribution in [1.29, 1.82) is 0 Å². The molecule has 9 nitrogen and oxygen atoms in total. The van der Waals surface area contributed by atoms with Crippen LogP contribution in [0.25, 0.3) is 0 Å². The molecular weight excluding hydrogens is 510 g/mol. The zero-order valence-corrected chi connectivity index (χ0v) is 23.4. The van der Waals surface area contributed by atoms with Gasteiger partial charge in [0.1, 0.15) is 0 Å². The minimum atomic E-state index is -0.565. The number of carbonyl (C=O) groups is 2. The quantitative estimate of drug-likeness (QED) is 0.278. The van der Waals surface area contributed by atoms with Gasteiger partial charge in [-0.1, -0.05) is 42.8 Å². The van der Waals surface area contributed by atoms with Gasteiger partial charge < -0.3 is 30.3 Å². The zero-order valence-electron chi connectivity index (χ0n) is 23.4. The van der Waals surface area contributed by atoms with E-state index in [2.05, 4.69) is 15.5 Å². The monoisotopic (exact) mass is 553 g/mol. The first kappa shape index (κ1) is 30.1. The minimum Gasteiger partial charge on any atom is -0.395 e. The summed E-state index contributed by atoms with van der Waals surface area (Å²) in [4.78, 5) is 25.6. The molecule has 0 aliphatic carbocycles. The van der Waals surface area contributed by atoms with Crippen molar-refractivity contribution in [3.8, 4) is 0 Å². The van der Waals surface area contributed by atoms with Crippen LogP contribution in [0.1, 0.15) is 81.0 Å². The highest BCUT2D eigenvalue weighted by Crippen LogP contribution is 2.39. The number of ether oxygens (including phenoxy) is 2. The fraction of sp³-hybridized carbons (Fsp3) is 0.548. The number of amides is 2. The molecular formula is C31H43N3O6. The van der Waals surface area contributed by atoms with Crippen LogP contribution in [0.5, 0.6) is 0 Å². The molecule has 2 aliphatic rings. The standard InChI is InChI=1S/C31H43N3O6/c1-22(37)32-16-4-2-3-7-30(38)33-26-14-12-25(13-15-26)31-39-28(19-34-17-5-6-27(34)21-36)18-29(40-31)24-10-8-23(20-35)9-11-24/h8-15,27-29,31,35-36H,2-7,16-21H2,1H3,(H,32,37)(H,33,38)/t27-,28+,29-,31-/m0/s1. The Morgan fingerprint density at radius 2 is 1.73 bits per heavy atom. The molecule has 4 N–H and O–H groups in total. The lowest BCUT2D eigenvalue weighted by atomic mass is 9.99. The molecule has 0 aromatic heterocycles. The van der Waals surface area contributed by atoms with E-state index >= 15 is 0 Å². The van der Waals surface area contributed by atoms with E-state index in [1.165, 1.54) is 6.92 Å². The number of hydrogen-bond donors (Lipinski definition) is 4. The van der Waals surface area contributed by atoms with E-state index in [1.54, 1.807) is 0 Å². The van der Waals surface area contributed by atoms with Crippen LogP contribution in [-0.2, 0) is 25.7 Å². The van der Waals surface area contributed by atoms with Gasteiger partial charge in [-0.05, 0) is 55.5 Å². The molecule has 2 saturated heterocycles. The van der Waals surface area contributed by atoms with E-state index < -0.39 is 6.29 Å². The third kappa shape index (κ3) is 8.84. The van der Waals surface area contributed by atoms with Crippen LogP contribution in [0.2, 0.25) is 0 Å². The van der Waals surface area contributed by atoms with Crippen molar-refractivity contribution in [2.24, 2.45) is 0 Å². The second kappa shape index (κ2) is 15.3. The van der Waals surface area contributed by atoms with E-state index in [-0.39, 0.29) is 43.3 Å². The van der Waals surface area contributed by atoms with Gasteiger partial charge in [0.2, 0.25) is 11.8 Å². The molecule has 0 unspecified atom stereocenters. The van der Waals surface area contributed by atoms with E-state index in [1.807, 2.05) is 48.5 Å². The zero-order chi connectivity index (χ0) is 28.3. The smallest absolute Gasteiger partial charge is 0.224 e. The number of aliphatic hydroxyl groups excluding tert-OH is 2. The normalized spacial score (nSPS) is 23.2. The number of benzene rings is 2. The van der Waals surface area contributed by atoms with Gasteiger partial charge in [0.05, 0.1) is 25.4 Å². The van der Waals surface area contributed by atoms with Gasteiger partial charge in [-0.15, -0.1) is 0 Å². The minimum absolute atomic E-state index is 0.000830. The van der Waals surface area contributed by atoms with Gasteiger partial charge in [-0.25, -0.2) is 0 Å². The molecule has 2 aromatic carbocycles. The predicted molar refractivity (Wildman–Crippen MR) is 152 cm³/mol. The second-order valence-corrected chi connectivity index (χ2v) is 10.8. The Hall–Kier alpha value is -2.82. The van der Waals surface area contributed by atoms with Crippen LogP contribution in [0, 0.1) is 0 Å². The van der Waals surface area contributed by atoms with Gasteiger partial charge >= 0.3 is 0 Å². The number of likely N-dealkylation sites (tertiary alicyclic amines) is 1. The lowest BCUT2D eigenvalue weighted by molar-refractivity contribution is -0.253. The Morgan fingerprint density at radius 3 is 2.42 bits per heavy atom. The summed E-state index contributed by atoms with van der Waals surface area (Å²) in [6, 6.07) is 15.6. The first-order valence-corrected chi connectivity index (χ1v) is 14.4. The molecule has 4 atom stereocenters. The molecule has 2 aromatic rings. The number of nitrogens with one attached hydrogen (secondary N) is 2. The molecule has 9 heteroatoms. The Bertz CT molecular complexity index is 1080. The van der Waals surface area contributed by atoms with Crippen molar-refractivity contribution in [3.05, 3.63) is 65.2 Å². The molecule has 218 valence electrons. The number of hydrogen-bond acceptors (Lipinski definition) is 7. The SMILES string of the molecule is CC(=O)NCCCCCC(=O)Nc1ccc([C@H]2O[C@@H](CN3CCC[C@H]3CO)C[C@@H](c3ccc(CO)cc3)O2)cc1. The molecule has 0 radical (unpaired) electrons. The van der Waals surface area contributed by atoms with Crippen LogP contribution in [0.15, 0.2) is 48.5 Å². The average Bonchev–Trinajstić information content (AvgIpc) is 3.42. The van der Waals surface area contributed by atoms with Crippen LogP contribution in [0.4, 0.5) is 5.69 Å². The molecule has 2 amide bonds. The van der Waals surface area contributed by atoms with Crippen molar-refractivity contribution in [2.75, 3.05) is 31.6 Å². The molecule has 0 spiro atoms. The molecule has 0 bridgehead atoms. The van der Waals surface area contributed by atoms with Gasteiger partial charge in [-0.2, -0.15) is 0 Å². The lowest BCUT2D eigenvalue weighted by Crippen LogP contribution is -2.42. The highest BCUT2D eigenvalue weighted by Gasteiger charge is 2.35. The molecule has 2 fully saturated rings. The molecule has 2 heterocycles. The van der Waals surface area contributed by atoms with Gasteiger partial charge in [0, 0.05) is 50.1 Å². The summed E-state index contributed by atoms with van der Waals surface area (Å²) < 4.78 is 12.9. The third-order valence-corrected chi connectivity index (χ3v) is 7.68. The number of anilines is 1. The summed E-state index contributed by atoms with van der Waals surface area (Å²) in [6.45, 7) is 3.98. The van der Waals surface area contributed by atoms with E-state index in [4.69, 9.17) is 9.47 Å². The summed E-state index contributed by atoms with van der Waals surface area (Å²) in [5.74, 6) is -0.0668. The van der Waals surface area contributed by atoms with E-state index in [0.29, 0.717) is 19.4 Å². The molecule has 2 aliphatic heterocycles. The number of rotatable bonds is 13. The van der Waals surface area contributed by atoms with Crippen molar-refractivity contribution in [3.63, 3.8) is 0 Å². The van der Waals surface area contributed by atoms with Gasteiger partial charge in [0.15, 0.2) is 6.29 Å². The van der Waals surface area contributed by atoms with Crippen LogP contribution >= 0.6 is 0 Å². The van der Waals surface area contributed by atoms with Crippen molar-refractivity contribution < 1.29 is 29.3 Å². The number of unbranched alkanes of at least 4 members (excludes halogenated alkanes) is 2. The fourth-order valence-electron chi connectivity index (χ4n) is 5.44. The third-order valence-electron chi connectivity index (χ3n) is 7.68. The highest BCUT2D eigenvalue weighted by atomic mass is 16.7. The van der Waals surface area contributed by atoms with Crippen molar-refractivity contribution in [2.45, 2.75) is 83.0 Å². The second-order valence-electron chi connectivity index (χ2n) is 10.8. The van der Waals surface area contributed by atoms with Crippen LogP contribution in [0.3, 0.4) is 0 Å². The summed E-state index contributed by atoms with van der Waals surface area (Å²) in [5.41, 5.74) is 3.49. The Labute approximate surface area is 236 Å². The Morgan fingerprint density at radius 1 is 0.975 bits per heavy atom. The van der Waals surface area contributed by atoms with Gasteiger partial charge in [-0.3, -0.25) is 14.5 Å². The fourth-order valence-corrected chi connectivity index (χ4v) is 5.44. The Kier molecular flexibility index (Phi) is 11.5. The molecule has 4 rings (SSSR count). The Balaban J connectivity index is 1.36. The van der Waals surface area contributed by atoms with Crippen molar-refractivity contribution in [1.82, 2.24) is 10.2 Å². The summed E-state index contributed by atoms with van der Waals surface area (Å²) >= 11 is 0.